The number of nitrogens with zero attached hydrogens (tertiary/aromatic N) is 2. The summed E-state index contributed by atoms with van der Waals surface area (Å²) in [5, 5.41) is 10.2. The highest BCUT2D eigenvalue weighted by atomic mass is 32.1. The Bertz CT molecular complexity index is 430. The molecule has 0 aliphatic carbocycles. The number of aromatic nitrogens is 1. The van der Waals surface area contributed by atoms with Gasteiger partial charge >= 0.3 is 5.97 Å². The Hall–Kier alpha value is -1.47. The van der Waals surface area contributed by atoms with Crippen molar-refractivity contribution in [3.8, 4) is 0 Å². The van der Waals surface area contributed by atoms with E-state index in [1.54, 1.807) is 12.0 Å². The number of carboxylic acid groups (broad SMARTS) is 1. The van der Waals surface area contributed by atoms with Crippen molar-refractivity contribution in [1.29, 1.82) is 0 Å². The summed E-state index contributed by atoms with van der Waals surface area (Å²) in [5.41, 5.74) is 0.169. The van der Waals surface area contributed by atoms with Crippen LogP contribution < -0.4 is 0 Å². The van der Waals surface area contributed by atoms with Crippen molar-refractivity contribution in [2.75, 3.05) is 20.3 Å². The van der Waals surface area contributed by atoms with Crippen LogP contribution in [0, 0.1) is 0 Å². The fourth-order valence-electron chi connectivity index (χ4n) is 1.40. The van der Waals surface area contributed by atoms with Gasteiger partial charge in [0.1, 0.15) is 5.69 Å². The number of thiazole rings is 1. The van der Waals surface area contributed by atoms with E-state index in [9.17, 15) is 9.59 Å². The normalized spacial score (nSPS) is 10.7. The van der Waals surface area contributed by atoms with Crippen molar-refractivity contribution >= 4 is 23.2 Å². The van der Waals surface area contributed by atoms with Crippen LogP contribution in [0.2, 0.25) is 0 Å². The van der Waals surface area contributed by atoms with Gasteiger partial charge in [0.05, 0.1) is 6.61 Å². The highest BCUT2D eigenvalue weighted by Crippen LogP contribution is 2.13. The van der Waals surface area contributed by atoms with Gasteiger partial charge in [-0.15, -0.1) is 11.3 Å². The minimum absolute atomic E-state index is 0.00243. The van der Waals surface area contributed by atoms with Crippen LogP contribution in [0.4, 0.5) is 0 Å². The van der Waals surface area contributed by atoms with Crippen molar-refractivity contribution < 1.29 is 19.4 Å². The molecule has 0 aliphatic heterocycles. The monoisotopic (exact) mass is 272 g/mol. The van der Waals surface area contributed by atoms with Gasteiger partial charge in [0.15, 0.2) is 0 Å². The number of rotatable bonds is 6. The van der Waals surface area contributed by atoms with Crippen LogP contribution in [-0.2, 0) is 4.74 Å². The number of carboxylic acids is 1. The van der Waals surface area contributed by atoms with Crippen molar-refractivity contribution in [3.05, 3.63) is 16.1 Å². The van der Waals surface area contributed by atoms with E-state index in [-0.39, 0.29) is 22.7 Å². The second-order valence-electron chi connectivity index (χ2n) is 3.93. The van der Waals surface area contributed by atoms with Gasteiger partial charge in [0.25, 0.3) is 5.91 Å². The Morgan fingerprint density at radius 1 is 1.56 bits per heavy atom. The molecule has 1 rings (SSSR count). The first-order chi connectivity index (χ1) is 8.47. The maximum Gasteiger partial charge on any atom is 0.365 e. The topological polar surface area (TPSA) is 79.7 Å². The molecule has 0 radical (unpaired) electrons. The molecule has 0 aliphatic rings. The lowest BCUT2D eigenvalue weighted by Crippen LogP contribution is -2.39. The molecular weight excluding hydrogens is 256 g/mol. The zero-order valence-electron chi connectivity index (χ0n) is 10.5. The maximum absolute atomic E-state index is 12.1. The molecule has 0 spiro atoms. The van der Waals surface area contributed by atoms with Crippen molar-refractivity contribution in [2.24, 2.45) is 0 Å². The quantitative estimate of drug-likeness (QED) is 0.845. The largest absolute Gasteiger partial charge is 0.476 e. The fourth-order valence-corrected chi connectivity index (χ4v) is 2.03. The number of ether oxygens (including phenoxy) is 1. The van der Waals surface area contributed by atoms with E-state index in [1.165, 1.54) is 5.38 Å². The van der Waals surface area contributed by atoms with E-state index < -0.39 is 5.97 Å². The van der Waals surface area contributed by atoms with Crippen LogP contribution >= 0.6 is 11.3 Å². The third-order valence-corrected chi connectivity index (χ3v) is 3.16. The van der Waals surface area contributed by atoms with E-state index in [4.69, 9.17) is 9.84 Å². The van der Waals surface area contributed by atoms with Crippen LogP contribution in [0.1, 0.15) is 34.1 Å². The number of hydrogen-bond donors (Lipinski definition) is 1. The average Bonchev–Trinajstić information content (AvgIpc) is 2.78. The van der Waals surface area contributed by atoms with Crippen LogP contribution in [0.5, 0.6) is 0 Å². The summed E-state index contributed by atoms with van der Waals surface area (Å²) in [7, 11) is 1.56. The van der Waals surface area contributed by atoms with E-state index in [1.807, 2.05) is 13.8 Å². The highest BCUT2D eigenvalue weighted by molar-refractivity contribution is 7.11. The first kappa shape index (κ1) is 14.6. The molecule has 0 aromatic carbocycles. The van der Waals surface area contributed by atoms with Gasteiger partial charge in [-0.2, -0.15) is 0 Å². The molecule has 0 unspecified atom stereocenters. The zero-order chi connectivity index (χ0) is 13.7. The SMILES string of the molecule is COCCN(C(=O)c1csc(C(=O)O)n1)C(C)C. The number of carbonyl (C=O) groups excluding carboxylic acids is 1. The number of methoxy groups -OCH3 is 1. The summed E-state index contributed by atoms with van der Waals surface area (Å²) in [6, 6.07) is 0.00243. The molecule has 1 aromatic heterocycles. The Kier molecular flexibility index (Phi) is 5.24. The molecule has 0 fully saturated rings. The van der Waals surface area contributed by atoms with Gasteiger partial charge in [-0.05, 0) is 13.8 Å². The second-order valence-corrected chi connectivity index (χ2v) is 4.79. The average molecular weight is 272 g/mol. The summed E-state index contributed by atoms with van der Waals surface area (Å²) in [6.45, 7) is 4.66. The lowest BCUT2D eigenvalue weighted by molar-refractivity contribution is 0.0629. The highest BCUT2D eigenvalue weighted by Gasteiger charge is 2.22. The van der Waals surface area contributed by atoms with Gasteiger partial charge in [-0.25, -0.2) is 9.78 Å². The molecule has 0 atom stereocenters. The Balaban J connectivity index is 2.84. The second kappa shape index (κ2) is 6.46. The molecule has 100 valence electrons. The maximum atomic E-state index is 12.1. The van der Waals surface area contributed by atoms with E-state index in [0.717, 1.165) is 11.3 Å². The molecule has 1 amide bonds. The standard InChI is InChI=1S/C11H16N2O4S/c1-7(2)13(4-5-17-3)10(14)8-6-18-9(12-8)11(15)16/h6-7H,4-5H2,1-3H3,(H,15,16). The van der Waals surface area contributed by atoms with Crippen LogP contribution in [0.3, 0.4) is 0 Å². The molecule has 1 aromatic rings. The van der Waals surface area contributed by atoms with Gasteiger partial charge < -0.3 is 14.7 Å². The van der Waals surface area contributed by atoms with E-state index in [2.05, 4.69) is 4.98 Å². The molecule has 18 heavy (non-hydrogen) atoms. The fraction of sp³-hybridized carbons (Fsp3) is 0.545. The van der Waals surface area contributed by atoms with E-state index >= 15 is 0 Å². The third-order valence-electron chi connectivity index (χ3n) is 2.33. The number of carbonyl (C=O) groups is 2. The third kappa shape index (κ3) is 3.51. The number of aromatic carboxylic acids is 1. The van der Waals surface area contributed by atoms with Gasteiger partial charge in [-0.1, -0.05) is 0 Å². The predicted octanol–water partition coefficient (Wildman–Crippen LogP) is 1.34. The Labute approximate surface area is 109 Å². The molecule has 0 saturated carbocycles. The molecule has 0 saturated heterocycles. The Morgan fingerprint density at radius 2 is 2.22 bits per heavy atom. The van der Waals surface area contributed by atoms with Crippen LogP contribution in [0.15, 0.2) is 5.38 Å². The molecule has 1 N–H and O–H groups in total. The van der Waals surface area contributed by atoms with Gasteiger partial charge in [0.2, 0.25) is 5.01 Å². The van der Waals surface area contributed by atoms with Gasteiger partial charge in [0, 0.05) is 25.1 Å². The predicted molar refractivity (Wildman–Crippen MR) is 67.1 cm³/mol. The minimum Gasteiger partial charge on any atom is -0.476 e. The molecule has 0 bridgehead atoms. The lowest BCUT2D eigenvalue weighted by atomic mass is 10.3. The summed E-state index contributed by atoms with van der Waals surface area (Å²) < 4.78 is 4.95. The van der Waals surface area contributed by atoms with Crippen LogP contribution in [0.25, 0.3) is 0 Å². The molecule has 7 heteroatoms. The summed E-state index contributed by atoms with van der Waals surface area (Å²) in [4.78, 5) is 28.3. The van der Waals surface area contributed by atoms with Crippen LogP contribution in [-0.4, -0.2) is 53.2 Å². The Morgan fingerprint density at radius 3 is 2.67 bits per heavy atom. The van der Waals surface area contributed by atoms with Crippen molar-refractivity contribution in [1.82, 2.24) is 9.88 Å². The number of hydrogen-bond acceptors (Lipinski definition) is 5. The summed E-state index contributed by atoms with van der Waals surface area (Å²) in [6.07, 6.45) is 0. The molecular formula is C11H16N2O4S. The first-order valence-electron chi connectivity index (χ1n) is 5.46. The van der Waals surface area contributed by atoms with Gasteiger partial charge in [-0.3, -0.25) is 4.79 Å². The van der Waals surface area contributed by atoms with Crippen molar-refractivity contribution in [3.63, 3.8) is 0 Å². The number of amides is 1. The smallest absolute Gasteiger partial charge is 0.365 e. The first-order valence-corrected chi connectivity index (χ1v) is 6.34. The summed E-state index contributed by atoms with van der Waals surface area (Å²) in [5.74, 6) is -1.39. The minimum atomic E-state index is -1.12. The van der Waals surface area contributed by atoms with Crippen molar-refractivity contribution in [2.45, 2.75) is 19.9 Å². The molecule has 1 heterocycles. The van der Waals surface area contributed by atoms with E-state index in [0.29, 0.717) is 13.2 Å². The summed E-state index contributed by atoms with van der Waals surface area (Å²) >= 11 is 0.950. The zero-order valence-corrected chi connectivity index (χ0v) is 11.4. The molecule has 6 nitrogen and oxygen atoms in total. The lowest BCUT2D eigenvalue weighted by Gasteiger charge is -2.25.